The number of rotatable bonds is 4. The number of carbonyl (C=O) groups excluding carboxylic acids is 2. The van der Waals surface area contributed by atoms with Crippen molar-refractivity contribution in [2.24, 2.45) is 11.7 Å². The Morgan fingerprint density at radius 3 is 2.81 bits per heavy atom. The van der Waals surface area contributed by atoms with Crippen LogP contribution in [0, 0.1) is 18.7 Å². The number of aromatic nitrogens is 1. The Balaban J connectivity index is 1.69. The first-order valence-corrected chi connectivity index (χ1v) is 8.52. The SMILES string of the molecule is Cc1ccc(F)cc1C(=O)Nc1ccc(N2CCCC(C(N)=O)C2)nc1. The molecule has 7 heteroatoms. The summed E-state index contributed by atoms with van der Waals surface area (Å²) in [5, 5.41) is 2.72. The molecule has 0 aliphatic carbocycles. The number of primary amides is 1. The van der Waals surface area contributed by atoms with Crippen molar-refractivity contribution in [1.82, 2.24) is 4.98 Å². The molecule has 0 radical (unpaired) electrons. The summed E-state index contributed by atoms with van der Waals surface area (Å²) in [7, 11) is 0. The van der Waals surface area contributed by atoms with Crippen molar-refractivity contribution in [3.05, 3.63) is 53.5 Å². The number of carbonyl (C=O) groups is 2. The number of hydrogen-bond donors (Lipinski definition) is 2. The molecule has 1 aliphatic heterocycles. The van der Waals surface area contributed by atoms with Crippen LogP contribution in [-0.4, -0.2) is 29.9 Å². The molecule has 1 unspecified atom stereocenters. The molecule has 1 atom stereocenters. The maximum atomic E-state index is 13.4. The summed E-state index contributed by atoms with van der Waals surface area (Å²) in [5.74, 6) is -0.563. The molecule has 0 bridgehead atoms. The lowest BCUT2D eigenvalue weighted by Gasteiger charge is -2.32. The van der Waals surface area contributed by atoms with Gasteiger partial charge in [0.1, 0.15) is 11.6 Å². The van der Waals surface area contributed by atoms with Crippen LogP contribution in [0.1, 0.15) is 28.8 Å². The minimum Gasteiger partial charge on any atom is -0.369 e. The first-order chi connectivity index (χ1) is 12.4. The lowest BCUT2D eigenvalue weighted by Crippen LogP contribution is -2.41. The Kier molecular flexibility index (Phi) is 5.16. The van der Waals surface area contributed by atoms with Crippen molar-refractivity contribution in [1.29, 1.82) is 0 Å². The number of aryl methyl sites for hydroxylation is 1. The summed E-state index contributed by atoms with van der Waals surface area (Å²) < 4.78 is 13.4. The highest BCUT2D eigenvalue weighted by molar-refractivity contribution is 6.05. The molecule has 26 heavy (non-hydrogen) atoms. The van der Waals surface area contributed by atoms with Gasteiger partial charge in [0, 0.05) is 18.7 Å². The van der Waals surface area contributed by atoms with Gasteiger partial charge in [0.05, 0.1) is 17.8 Å². The fourth-order valence-electron chi connectivity index (χ4n) is 3.10. The fourth-order valence-corrected chi connectivity index (χ4v) is 3.10. The summed E-state index contributed by atoms with van der Waals surface area (Å²) in [6.45, 7) is 3.11. The largest absolute Gasteiger partial charge is 0.369 e. The van der Waals surface area contributed by atoms with Gasteiger partial charge in [0.25, 0.3) is 5.91 Å². The molecule has 2 amide bonds. The number of benzene rings is 1. The van der Waals surface area contributed by atoms with E-state index in [0.29, 0.717) is 17.8 Å². The van der Waals surface area contributed by atoms with Crippen LogP contribution in [0.2, 0.25) is 0 Å². The first kappa shape index (κ1) is 17.8. The third-order valence-electron chi connectivity index (χ3n) is 4.60. The average Bonchev–Trinajstić information content (AvgIpc) is 2.64. The van der Waals surface area contributed by atoms with Gasteiger partial charge in [-0.1, -0.05) is 6.07 Å². The summed E-state index contributed by atoms with van der Waals surface area (Å²) in [6.07, 6.45) is 3.23. The van der Waals surface area contributed by atoms with Gasteiger partial charge in [0.2, 0.25) is 5.91 Å². The molecule has 1 aliphatic rings. The highest BCUT2D eigenvalue weighted by Crippen LogP contribution is 2.22. The molecule has 136 valence electrons. The Labute approximate surface area is 151 Å². The summed E-state index contributed by atoms with van der Waals surface area (Å²) in [5.41, 5.74) is 6.90. The number of nitrogens with zero attached hydrogens (tertiary/aromatic N) is 2. The number of halogens is 1. The topological polar surface area (TPSA) is 88.3 Å². The lowest BCUT2D eigenvalue weighted by atomic mass is 9.97. The van der Waals surface area contributed by atoms with Gasteiger partial charge in [-0.25, -0.2) is 9.37 Å². The molecule has 0 spiro atoms. The number of nitrogens with two attached hydrogens (primary N) is 1. The summed E-state index contributed by atoms with van der Waals surface area (Å²) in [6, 6.07) is 7.63. The van der Waals surface area contributed by atoms with Gasteiger partial charge in [0.15, 0.2) is 0 Å². The average molecular weight is 356 g/mol. The van der Waals surface area contributed by atoms with E-state index in [-0.39, 0.29) is 23.3 Å². The second kappa shape index (κ2) is 7.51. The molecule has 1 aromatic carbocycles. The van der Waals surface area contributed by atoms with Gasteiger partial charge in [-0.2, -0.15) is 0 Å². The Morgan fingerprint density at radius 2 is 2.12 bits per heavy atom. The fraction of sp³-hybridized carbons (Fsp3) is 0.316. The van der Waals surface area contributed by atoms with Crippen LogP contribution in [0.3, 0.4) is 0 Å². The van der Waals surface area contributed by atoms with Gasteiger partial charge in [-0.15, -0.1) is 0 Å². The molecule has 6 nitrogen and oxygen atoms in total. The van der Waals surface area contributed by atoms with Crippen LogP contribution in [-0.2, 0) is 4.79 Å². The third kappa shape index (κ3) is 3.99. The van der Waals surface area contributed by atoms with E-state index >= 15 is 0 Å². The zero-order valence-corrected chi connectivity index (χ0v) is 14.5. The summed E-state index contributed by atoms with van der Waals surface area (Å²) >= 11 is 0. The van der Waals surface area contributed by atoms with Gasteiger partial charge >= 0.3 is 0 Å². The van der Waals surface area contributed by atoms with Crippen molar-refractivity contribution in [3.8, 4) is 0 Å². The van der Waals surface area contributed by atoms with Gasteiger partial charge in [-0.3, -0.25) is 9.59 Å². The van der Waals surface area contributed by atoms with Crippen molar-refractivity contribution >= 4 is 23.3 Å². The summed E-state index contributed by atoms with van der Waals surface area (Å²) in [4.78, 5) is 30.1. The Hall–Kier alpha value is -2.96. The van der Waals surface area contributed by atoms with E-state index in [0.717, 1.165) is 25.2 Å². The molecule has 2 aromatic rings. The van der Waals surface area contributed by atoms with Crippen LogP contribution >= 0.6 is 0 Å². The minimum absolute atomic E-state index is 0.166. The minimum atomic E-state index is -0.455. The molecule has 1 aromatic heterocycles. The number of piperidine rings is 1. The van der Waals surface area contributed by atoms with Crippen molar-refractivity contribution in [3.63, 3.8) is 0 Å². The number of amides is 2. The number of hydrogen-bond acceptors (Lipinski definition) is 4. The Bertz CT molecular complexity index is 823. The van der Waals surface area contributed by atoms with Crippen molar-refractivity contribution < 1.29 is 14.0 Å². The maximum absolute atomic E-state index is 13.4. The molecule has 1 saturated heterocycles. The van der Waals surface area contributed by atoms with E-state index in [1.807, 2.05) is 4.90 Å². The van der Waals surface area contributed by atoms with E-state index in [1.165, 1.54) is 12.1 Å². The second-order valence-electron chi connectivity index (χ2n) is 6.51. The monoisotopic (exact) mass is 356 g/mol. The van der Waals surface area contributed by atoms with Crippen LogP contribution in [0.25, 0.3) is 0 Å². The van der Waals surface area contributed by atoms with Crippen molar-refractivity contribution in [2.75, 3.05) is 23.3 Å². The van der Waals surface area contributed by atoms with E-state index in [4.69, 9.17) is 5.73 Å². The molecular weight excluding hydrogens is 335 g/mol. The van der Waals surface area contributed by atoms with Crippen molar-refractivity contribution in [2.45, 2.75) is 19.8 Å². The molecular formula is C19H21FN4O2. The van der Waals surface area contributed by atoms with Crippen LogP contribution in [0.4, 0.5) is 15.9 Å². The number of nitrogens with one attached hydrogen (secondary N) is 1. The zero-order valence-electron chi connectivity index (χ0n) is 14.5. The number of anilines is 2. The van der Waals surface area contributed by atoms with E-state index < -0.39 is 5.82 Å². The second-order valence-corrected chi connectivity index (χ2v) is 6.51. The highest BCUT2D eigenvalue weighted by Gasteiger charge is 2.24. The molecule has 0 saturated carbocycles. The molecule has 2 heterocycles. The molecule has 1 fully saturated rings. The Morgan fingerprint density at radius 1 is 1.31 bits per heavy atom. The standard InChI is InChI=1S/C19H21FN4O2/c1-12-4-5-14(20)9-16(12)19(26)23-15-6-7-17(22-10-15)24-8-2-3-13(11-24)18(21)25/h4-7,9-10,13H,2-3,8,11H2,1H3,(H2,21,25)(H,23,26). The van der Waals surface area contributed by atoms with Gasteiger partial charge < -0.3 is 16.0 Å². The van der Waals surface area contributed by atoms with Crippen LogP contribution in [0.15, 0.2) is 36.5 Å². The lowest BCUT2D eigenvalue weighted by molar-refractivity contribution is -0.122. The normalized spacial score (nSPS) is 17.0. The zero-order chi connectivity index (χ0) is 18.7. The first-order valence-electron chi connectivity index (χ1n) is 8.52. The van der Waals surface area contributed by atoms with E-state index in [2.05, 4.69) is 10.3 Å². The third-order valence-corrected chi connectivity index (χ3v) is 4.60. The van der Waals surface area contributed by atoms with Crippen LogP contribution < -0.4 is 16.0 Å². The highest BCUT2D eigenvalue weighted by atomic mass is 19.1. The predicted octanol–water partition coefficient (Wildman–Crippen LogP) is 2.48. The molecule has 3 N–H and O–H groups in total. The quantitative estimate of drug-likeness (QED) is 0.881. The van der Waals surface area contributed by atoms with Gasteiger partial charge in [-0.05, 0) is 49.6 Å². The number of pyridine rings is 1. The molecule has 3 rings (SSSR count). The van der Waals surface area contributed by atoms with Crippen LogP contribution in [0.5, 0.6) is 0 Å². The predicted molar refractivity (Wildman–Crippen MR) is 97.5 cm³/mol. The van der Waals surface area contributed by atoms with E-state index in [9.17, 15) is 14.0 Å². The maximum Gasteiger partial charge on any atom is 0.256 e. The van der Waals surface area contributed by atoms with E-state index in [1.54, 1.807) is 31.3 Å². The smallest absolute Gasteiger partial charge is 0.256 e.